The van der Waals surface area contributed by atoms with Gasteiger partial charge in [-0.1, -0.05) is 19.8 Å². The van der Waals surface area contributed by atoms with E-state index in [9.17, 15) is 9.59 Å². The number of carbonyl (C=O) groups excluding carboxylic acids is 1. The van der Waals surface area contributed by atoms with Crippen LogP contribution in [0.15, 0.2) is 23.1 Å². The number of amides is 1. The number of H-pyrrole nitrogens is 1. The second-order valence-corrected chi connectivity index (χ2v) is 9.87. The number of thiophene rings is 1. The average molecular weight is 443 g/mol. The third-order valence-electron chi connectivity index (χ3n) is 6.56. The molecule has 2 aliphatic rings. The van der Waals surface area contributed by atoms with E-state index in [1.165, 1.54) is 24.2 Å². The number of hydroxylamine groups is 1. The lowest BCUT2D eigenvalue weighted by atomic mass is 9.97. The van der Waals surface area contributed by atoms with Gasteiger partial charge in [-0.2, -0.15) is 5.10 Å². The van der Waals surface area contributed by atoms with E-state index in [2.05, 4.69) is 21.9 Å². The highest BCUT2D eigenvalue weighted by Crippen LogP contribution is 2.34. The molecule has 2 unspecified atom stereocenters. The fourth-order valence-corrected chi connectivity index (χ4v) is 5.90. The SMILES string of the molecule is CC1CN(Cc2ccc(C(=O)NO)s2)CC1c1nc2c(cnn2C2CCCC2)c(=O)[nH]1. The molecule has 10 heteroatoms. The number of hydrogen-bond donors (Lipinski definition) is 3. The van der Waals surface area contributed by atoms with E-state index in [1.54, 1.807) is 17.7 Å². The number of aromatic nitrogens is 4. The van der Waals surface area contributed by atoms with Crippen LogP contribution in [0.4, 0.5) is 0 Å². The van der Waals surface area contributed by atoms with Crippen LogP contribution in [0.1, 0.15) is 64.9 Å². The molecule has 1 amide bonds. The van der Waals surface area contributed by atoms with Gasteiger partial charge in [0.05, 0.1) is 17.1 Å². The predicted octanol–water partition coefficient (Wildman–Crippen LogP) is 2.65. The minimum atomic E-state index is -0.488. The highest BCUT2D eigenvalue weighted by molar-refractivity contribution is 7.14. The first-order valence-electron chi connectivity index (χ1n) is 10.8. The molecule has 1 saturated heterocycles. The summed E-state index contributed by atoms with van der Waals surface area (Å²) < 4.78 is 1.96. The number of nitrogens with zero attached hydrogens (tertiary/aromatic N) is 4. The predicted molar refractivity (Wildman–Crippen MR) is 116 cm³/mol. The third-order valence-corrected chi connectivity index (χ3v) is 7.63. The zero-order valence-electron chi connectivity index (χ0n) is 17.4. The molecule has 2 fully saturated rings. The first-order chi connectivity index (χ1) is 15.0. The van der Waals surface area contributed by atoms with Crippen LogP contribution in [0.25, 0.3) is 11.0 Å². The Morgan fingerprint density at radius 2 is 2.13 bits per heavy atom. The normalized spacial score (nSPS) is 22.5. The van der Waals surface area contributed by atoms with Gasteiger partial charge in [0, 0.05) is 30.4 Å². The molecule has 1 saturated carbocycles. The van der Waals surface area contributed by atoms with E-state index in [4.69, 9.17) is 10.2 Å². The maximum absolute atomic E-state index is 12.7. The van der Waals surface area contributed by atoms with E-state index in [1.807, 2.05) is 10.7 Å². The average Bonchev–Trinajstić information content (AvgIpc) is 3.54. The van der Waals surface area contributed by atoms with Gasteiger partial charge in [0.15, 0.2) is 5.65 Å². The number of hydrogen-bond acceptors (Lipinski definition) is 7. The monoisotopic (exact) mass is 442 g/mol. The number of carbonyl (C=O) groups is 1. The maximum atomic E-state index is 12.7. The van der Waals surface area contributed by atoms with Crippen LogP contribution in [0, 0.1) is 5.92 Å². The quantitative estimate of drug-likeness (QED) is 0.413. The van der Waals surface area contributed by atoms with Gasteiger partial charge in [0.25, 0.3) is 11.5 Å². The standard InChI is InChI=1S/C21H26N6O3S/c1-12-9-26(10-14-6-7-17(31-14)21(29)25-30)11-16(12)18-23-19-15(20(28)24-18)8-22-27(19)13-4-2-3-5-13/h6-8,12-13,16,30H,2-5,9-11H2,1H3,(H,25,29)(H,23,24,28). The van der Waals surface area contributed by atoms with Crippen molar-refractivity contribution in [1.82, 2.24) is 30.1 Å². The molecule has 3 aromatic heterocycles. The number of fused-ring (bicyclic) bond motifs is 1. The van der Waals surface area contributed by atoms with Crippen molar-refractivity contribution >= 4 is 28.3 Å². The Hall–Kier alpha value is -2.56. The van der Waals surface area contributed by atoms with E-state index < -0.39 is 5.91 Å². The number of rotatable bonds is 5. The first kappa shape index (κ1) is 20.3. The molecule has 5 rings (SSSR count). The lowest BCUT2D eigenvalue weighted by molar-refractivity contribution is 0.0711. The zero-order chi connectivity index (χ0) is 21.5. The van der Waals surface area contributed by atoms with Crippen molar-refractivity contribution in [2.24, 2.45) is 5.92 Å². The lowest BCUT2D eigenvalue weighted by Crippen LogP contribution is -2.21. The number of nitrogens with one attached hydrogen (secondary N) is 2. The summed E-state index contributed by atoms with van der Waals surface area (Å²) in [5.41, 5.74) is 2.26. The van der Waals surface area contributed by atoms with Crippen LogP contribution in [0.5, 0.6) is 0 Å². The third kappa shape index (κ3) is 3.79. The van der Waals surface area contributed by atoms with Crippen molar-refractivity contribution in [3.05, 3.63) is 44.3 Å². The Kier molecular flexibility index (Phi) is 5.37. The molecule has 2 atom stereocenters. The fraction of sp³-hybridized carbons (Fsp3) is 0.524. The fourth-order valence-electron chi connectivity index (χ4n) is 4.96. The summed E-state index contributed by atoms with van der Waals surface area (Å²) >= 11 is 1.37. The molecular weight excluding hydrogens is 416 g/mol. The minimum absolute atomic E-state index is 0.118. The van der Waals surface area contributed by atoms with E-state index >= 15 is 0 Å². The highest BCUT2D eigenvalue weighted by atomic mass is 32.1. The molecule has 9 nitrogen and oxygen atoms in total. The number of aromatic amines is 1. The summed E-state index contributed by atoms with van der Waals surface area (Å²) in [5.74, 6) is 0.712. The van der Waals surface area contributed by atoms with Gasteiger partial charge >= 0.3 is 0 Å². The van der Waals surface area contributed by atoms with Crippen LogP contribution in [0.3, 0.4) is 0 Å². The Morgan fingerprint density at radius 3 is 2.90 bits per heavy atom. The molecule has 0 bridgehead atoms. The highest BCUT2D eigenvalue weighted by Gasteiger charge is 2.33. The smallest absolute Gasteiger partial charge is 0.284 e. The van der Waals surface area contributed by atoms with E-state index in [0.717, 1.165) is 43.2 Å². The van der Waals surface area contributed by atoms with Crippen LogP contribution >= 0.6 is 11.3 Å². The summed E-state index contributed by atoms with van der Waals surface area (Å²) in [6.07, 6.45) is 6.21. The topological polar surface area (TPSA) is 116 Å². The Morgan fingerprint density at radius 1 is 1.32 bits per heavy atom. The molecule has 1 aliphatic heterocycles. The van der Waals surface area contributed by atoms with Gasteiger partial charge in [-0.3, -0.25) is 19.7 Å². The second kappa shape index (κ2) is 8.18. The maximum Gasteiger partial charge on any atom is 0.284 e. The van der Waals surface area contributed by atoms with E-state index in [0.29, 0.717) is 27.9 Å². The molecule has 3 aromatic rings. The second-order valence-electron chi connectivity index (χ2n) is 8.70. The molecule has 3 N–H and O–H groups in total. The summed E-state index contributed by atoms with van der Waals surface area (Å²) in [4.78, 5) is 36.1. The molecule has 0 radical (unpaired) electrons. The molecular formula is C21H26N6O3S. The van der Waals surface area contributed by atoms with Crippen molar-refractivity contribution in [1.29, 1.82) is 0 Å². The summed E-state index contributed by atoms with van der Waals surface area (Å²) in [5, 5.41) is 13.9. The van der Waals surface area contributed by atoms with Crippen LogP contribution < -0.4 is 11.0 Å². The Bertz CT molecular complexity index is 1160. The van der Waals surface area contributed by atoms with E-state index in [-0.39, 0.29) is 11.5 Å². The largest absolute Gasteiger partial charge is 0.310 e. The van der Waals surface area contributed by atoms with Gasteiger partial charge in [-0.15, -0.1) is 11.3 Å². The first-order valence-corrected chi connectivity index (χ1v) is 11.6. The number of likely N-dealkylation sites (tertiary alicyclic amines) is 1. The van der Waals surface area contributed by atoms with Gasteiger partial charge < -0.3 is 4.98 Å². The van der Waals surface area contributed by atoms with Crippen LogP contribution in [-0.4, -0.2) is 48.9 Å². The Labute approximate surface area is 183 Å². The molecule has 31 heavy (non-hydrogen) atoms. The van der Waals surface area contributed by atoms with Crippen molar-refractivity contribution < 1.29 is 10.0 Å². The van der Waals surface area contributed by atoms with Gasteiger partial charge in [0.2, 0.25) is 0 Å². The minimum Gasteiger partial charge on any atom is -0.310 e. The van der Waals surface area contributed by atoms with Crippen LogP contribution in [0.2, 0.25) is 0 Å². The van der Waals surface area contributed by atoms with Crippen LogP contribution in [-0.2, 0) is 6.54 Å². The molecule has 164 valence electrons. The summed E-state index contributed by atoms with van der Waals surface area (Å²) in [7, 11) is 0. The lowest BCUT2D eigenvalue weighted by Gasteiger charge is -2.16. The van der Waals surface area contributed by atoms with Gasteiger partial charge in [0.1, 0.15) is 11.2 Å². The molecule has 0 aromatic carbocycles. The van der Waals surface area contributed by atoms with Crippen molar-refractivity contribution in [3.8, 4) is 0 Å². The van der Waals surface area contributed by atoms with Gasteiger partial charge in [-0.25, -0.2) is 15.1 Å². The molecule has 0 spiro atoms. The zero-order valence-corrected chi connectivity index (χ0v) is 18.2. The van der Waals surface area contributed by atoms with Gasteiger partial charge in [-0.05, 0) is 30.9 Å². The summed E-state index contributed by atoms with van der Waals surface area (Å²) in [6, 6.07) is 3.97. The summed E-state index contributed by atoms with van der Waals surface area (Å²) in [6.45, 7) is 4.57. The van der Waals surface area contributed by atoms with Crippen molar-refractivity contribution in [2.75, 3.05) is 13.1 Å². The molecule has 4 heterocycles. The Balaban J connectivity index is 1.37. The molecule has 1 aliphatic carbocycles. The van der Waals surface area contributed by atoms with Crippen molar-refractivity contribution in [2.45, 2.75) is 51.1 Å². The van der Waals surface area contributed by atoms with Crippen molar-refractivity contribution in [3.63, 3.8) is 0 Å².